The third-order valence-electron chi connectivity index (χ3n) is 4.12. The maximum absolute atomic E-state index is 12.1. The van der Waals surface area contributed by atoms with Crippen LogP contribution in [0.2, 0.25) is 0 Å². The molecule has 1 saturated carbocycles. The number of nitrogens with zero attached hydrogens (tertiary/aromatic N) is 2. The number of alkyl carbamates (subject to hydrolysis) is 1. The Morgan fingerprint density at radius 2 is 1.83 bits per heavy atom. The Morgan fingerprint density at radius 3 is 2.22 bits per heavy atom. The average Bonchev–Trinajstić information content (AvgIpc) is 3.24. The van der Waals surface area contributed by atoms with Crippen molar-refractivity contribution in [1.29, 1.82) is 0 Å². The van der Waals surface area contributed by atoms with Crippen LogP contribution in [0, 0.1) is 0 Å². The molecule has 136 valence electrons. The lowest BCUT2D eigenvalue weighted by Gasteiger charge is -2.33. The van der Waals surface area contributed by atoms with E-state index < -0.39 is 17.2 Å². The summed E-state index contributed by atoms with van der Waals surface area (Å²) in [5, 5.41) is 2.98. The molecular weight excluding hydrogens is 407 g/mol. The molecular formula is C16H33IN4O2. The van der Waals surface area contributed by atoms with Crippen LogP contribution in [-0.4, -0.2) is 47.7 Å². The number of aliphatic imine (C=N–C) groups is 1. The van der Waals surface area contributed by atoms with E-state index in [1.165, 1.54) is 12.8 Å². The van der Waals surface area contributed by atoms with Crippen LogP contribution >= 0.6 is 24.0 Å². The van der Waals surface area contributed by atoms with Crippen molar-refractivity contribution >= 4 is 36.0 Å². The van der Waals surface area contributed by atoms with Gasteiger partial charge in [0.25, 0.3) is 0 Å². The number of nitrogens with one attached hydrogen (secondary N) is 1. The molecule has 1 amide bonds. The van der Waals surface area contributed by atoms with Gasteiger partial charge in [-0.3, -0.25) is 4.99 Å². The van der Waals surface area contributed by atoms with E-state index in [9.17, 15) is 4.79 Å². The lowest BCUT2D eigenvalue weighted by atomic mass is 9.93. The predicted molar refractivity (Wildman–Crippen MR) is 105 cm³/mol. The van der Waals surface area contributed by atoms with Crippen molar-refractivity contribution in [2.75, 3.05) is 13.6 Å². The van der Waals surface area contributed by atoms with Crippen molar-refractivity contribution in [1.82, 2.24) is 10.2 Å². The number of nitrogens with two attached hydrogens (primary N) is 1. The first-order chi connectivity index (χ1) is 10.1. The standard InChI is InChI=1S/C16H32N4O2.HI/c1-7-16(8-2,19-14(21)22-15(3,4)5)11-18-13(17)20(6)12-9-10-12;/h12H,7-11H2,1-6H3,(H2,17,18)(H,19,21);1H. The van der Waals surface area contributed by atoms with Gasteiger partial charge in [-0.25, -0.2) is 4.79 Å². The summed E-state index contributed by atoms with van der Waals surface area (Å²) >= 11 is 0. The van der Waals surface area contributed by atoms with E-state index in [-0.39, 0.29) is 24.0 Å². The summed E-state index contributed by atoms with van der Waals surface area (Å²) in [6.45, 7) is 10.1. The molecule has 7 heteroatoms. The highest BCUT2D eigenvalue weighted by molar-refractivity contribution is 14.0. The fourth-order valence-corrected chi connectivity index (χ4v) is 2.20. The highest BCUT2D eigenvalue weighted by Gasteiger charge is 2.31. The Morgan fingerprint density at radius 1 is 1.30 bits per heavy atom. The van der Waals surface area contributed by atoms with Crippen molar-refractivity contribution in [3.05, 3.63) is 0 Å². The second kappa shape index (κ2) is 8.94. The van der Waals surface area contributed by atoms with Crippen molar-refractivity contribution in [3.8, 4) is 0 Å². The maximum Gasteiger partial charge on any atom is 0.408 e. The topological polar surface area (TPSA) is 80.0 Å². The number of hydrogen-bond acceptors (Lipinski definition) is 3. The summed E-state index contributed by atoms with van der Waals surface area (Å²) in [4.78, 5) is 18.6. The summed E-state index contributed by atoms with van der Waals surface area (Å²) in [5.41, 5.74) is 5.11. The zero-order chi connectivity index (χ0) is 17.0. The summed E-state index contributed by atoms with van der Waals surface area (Å²) in [7, 11) is 1.97. The maximum atomic E-state index is 12.1. The number of carbonyl (C=O) groups is 1. The van der Waals surface area contributed by atoms with Gasteiger partial charge in [-0.15, -0.1) is 24.0 Å². The molecule has 0 aromatic rings. The molecule has 0 saturated heterocycles. The van der Waals surface area contributed by atoms with Crippen LogP contribution in [0.3, 0.4) is 0 Å². The molecule has 1 fully saturated rings. The molecule has 0 heterocycles. The van der Waals surface area contributed by atoms with Crippen LogP contribution < -0.4 is 11.1 Å². The summed E-state index contributed by atoms with van der Waals surface area (Å²) in [5.74, 6) is 0.541. The molecule has 0 atom stereocenters. The van der Waals surface area contributed by atoms with Gasteiger partial charge in [-0.2, -0.15) is 0 Å². The number of amides is 1. The quantitative estimate of drug-likeness (QED) is 0.378. The first-order valence-electron chi connectivity index (χ1n) is 8.16. The van der Waals surface area contributed by atoms with Gasteiger partial charge in [0.15, 0.2) is 5.96 Å². The second-order valence-electron chi connectivity index (χ2n) is 7.13. The number of ether oxygens (including phenoxy) is 1. The second-order valence-corrected chi connectivity index (χ2v) is 7.13. The lowest BCUT2D eigenvalue weighted by molar-refractivity contribution is 0.0451. The molecule has 0 aromatic heterocycles. The van der Waals surface area contributed by atoms with Crippen LogP contribution in [0.15, 0.2) is 4.99 Å². The molecule has 3 N–H and O–H groups in total. The molecule has 1 rings (SSSR count). The van der Waals surface area contributed by atoms with Gasteiger partial charge in [-0.05, 0) is 46.5 Å². The molecule has 23 heavy (non-hydrogen) atoms. The fourth-order valence-electron chi connectivity index (χ4n) is 2.20. The van der Waals surface area contributed by atoms with Gasteiger partial charge in [-0.1, -0.05) is 13.8 Å². The Balaban J connectivity index is 0.00000484. The number of carbonyl (C=O) groups excluding carboxylic acids is 1. The van der Waals surface area contributed by atoms with Crippen molar-refractivity contribution in [3.63, 3.8) is 0 Å². The zero-order valence-corrected chi connectivity index (χ0v) is 17.6. The van der Waals surface area contributed by atoms with Crippen molar-refractivity contribution in [2.45, 2.75) is 77.5 Å². The number of guanidine groups is 1. The van der Waals surface area contributed by atoms with Crippen LogP contribution in [0.5, 0.6) is 0 Å². The minimum atomic E-state index is -0.508. The first-order valence-corrected chi connectivity index (χ1v) is 8.16. The van der Waals surface area contributed by atoms with E-state index >= 15 is 0 Å². The van der Waals surface area contributed by atoms with Gasteiger partial charge in [0.1, 0.15) is 5.60 Å². The summed E-state index contributed by atoms with van der Waals surface area (Å²) in [6.07, 6.45) is 3.49. The zero-order valence-electron chi connectivity index (χ0n) is 15.3. The number of rotatable bonds is 6. The molecule has 0 aromatic carbocycles. The molecule has 0 radical (unpaired) electrons. The normalized spacial score (nSPS) is 15.7. The highest BCUT2D eigenvalue weighted by Crippen LogP contribution is 2.25. The largest absolute Gasteiger partial charge is 0.444 e. The third-order valence-corrected chi connectivity index (χ3v) is 4.12. The van der Waals surface area contributed by atoms with Gasteiger partial charge in [0, 0.05) is 13.1 Å². The SMILES string of the molecule is CCC(CC)(CN=C(N)N(C)C1CC1)NC(=O)OC(C)(C)C.I. The van der Waals surface area contributed by atoms with E-state index in [4.69, 9.17) is 10.5 Å². The molecule has 1 aliphatic rings. The molecule has 0 spiro atoms. The van der Waals surface area contributed by atoms with Gasteiger partial charge < -0.3 is 20.7 Å². The van der Waals surface area contributed by atoms with E-state index in [1.54, 1.807) is 0 Å². The predicted octanol–water partition coefficient (Wildman–Crippen LogP) is 3.10. The smallest absolute Gasteiger partial charge is 0.408 e. The molecule has 0 bridgehead atoms. The van der Waals surface area contributed by atoms with E-state index in [0.717, 1.165) is 12.8 Å². The van der Waals surface area contributed by atoms with Crippen LogP contribution in [-0.2, 0) is 4.74 Å². The highest BCUT2D eigenvalue weighted by atomic mass is 127. The van der Waals surface area contributed by atoms with Gasteiger partial charge in [0.2, 0.25) is 0 Å². The third kappa shape index (κ3) is 7.58. The minimum absolute atomic E-state index is 0. The van der Waals surface area contributed by atoms with Crippen LogP contribution in [0.1, 0.15) is 60.3 Å². The van der Waals surface area contributed by atoms with E-state index in [1.807, 2.05) is 46.6 Å². The average molecular weight is 440 g/mol. The number of hydrogen-bond donors (Lipinski definition) is 2. The lowest BCUT2D eigenvalue weighted by Crippen LogP contribution is -2.52. The van der Waals surface area contributed by atoms with Gasteiger partial charge in [0.05, 0.1) is 12.1 Å². The van der Waals surface area contributed by atoms with Crippen LogP contribution in [0.4, 0.5) is 4.79 Å². The van der Waals surface area contributed by atoms with Crippen molar-refractivity contribution < 1.29 is 9.53 Å². The summed E-state index contributed by atoms with van der Waals surface area (Å²) in [6, 6.07) is 0.528. The van der Waals surface area contributed by atoms with E-state index in [0.29, 0.717) is 18.5 Å². The Labute approximate surface area is 157 Å². The van der Waals surface area contributed by atoms with Crippen molar-refractivity contribution in [2.24, 2.45) is 10.7 Å². The van der Waals surface area contributed by atoms with Gasteiger partial charge >= 0.3 is 6.09 Å². The minimum Gasteiger partial charge on any atom is -0.444 e. The first kappa shape index (κ1) is 22.3. The number of halogens is 1. The molecule has 1 aliphatic carbocycles. The molecule has 0 aliphatic heterocycles. The molecule has 6 nitrogen and oxygen atoms in total. The Hall–Kier alpha value is -0.730. The Kier molecular flexibility index (Phi) is 8.65. The monoisotopic (exact) mass is 440 g/mol. The summed E-state index contributed by atoms with van der Waals surface area (Å²) < 4.78 is 5.36. The van der Waals surface area contributed by atoms with E-state index in [2.05, 4.69) is 10.3 Å². The van der Waals surface area contributed by atoms with Crippen LogP contribution in [0.25, 0.3) is 0 Å². The fraction of sp³-hybridized carbons (Fsp3) is 0.875. The molecule has 0 unspecified atom stereocenters. The Bertz CT molecular complexity index is 413.